The highest BCUT2D eigenvalue weighted by Gasteiger charge is 2.23. The Balaban J connectivity index is 1.50. The molecule has 4 rings (SSSR count). The summed E-state index contributed by atoms with van der Waals surface area (Å²) in [5.74, 6) is -0.0477. The molecule has 2 aromatic heterocycles. The van der Waals surface area contributed by atoms with Crippen LogP contribution in [0.5, 0.6) is 5.75 Å². The van der Waals surface area contributed by atoms with E-state index in [0.29, 0.717) is 49.4 Å². The molecule has 1 aromatic carbocycles. The summed E-state index contributed by atoms with van der Waals surface area (Å²) < 4.78 is 7.03. The molecular weight excluding hydrogens is 444 g/mol. The summed E-state index contributed by atoms with van der Waals surface area (Å²) in [6.07, 6.45) is 2.75. The van der Waals surface area contributed by atoms with E-state index in [-0.39, 0.29) is 10.9 Å². The van der Waals surface area contributed by atoms with Gasteiger partial charge in [0.1, 0.15) is 17.0 Å². The van der Waals surface area contributed by atoms with Crippen molar-refractivity contribution in [2.45, 2.75) is 13.5 Å². The molecule has 172 valence electrons. The Morgan fingerprint density at radius 1 is 1.24 bits per heavy atom. The Labute approximate surface area is 195 Å². The van der Waals surface area contributed by atoms with E-state index in [9.17, 15) is 14.7 Å². The van der Waals surface area contributed by atoms with Gasteiger partial charge in [0.05, 0.1) is 18.2 Å². The van der Waals surface area contributed by atoms with Gasteiger partial charge >= 0.3 is 5.97 Å². The topological polar surface area (TPSA) is 113 Å². The van der Waals surface area contributed by atoms with Gasteiger partial charge in [0.2, 0.25) is 11.4 Å². The number of methoxy groups -OCH3 is 1. The fourth-order valence-electron chi connectivity index (χ4n) is 3.76. The Hall–Kier alpha value is -3.73. The highest BCUT2D eigenvalue weighted by Crippen LogP contribution is 2.24. The molecule has 2 N–H and O–H groups in total. The molecule has 0 bridgehead atoms. The van der Waals surface area contributed by atoms with Crippen molar-refractivity contribution >= 4 is 46.0 Å². The minimum absolute atomic E-state index is 0.196. The number of ether oxygens (including phenoxy) is 1. The number of nitrogens with zero attached hydrogens (tertiary/aromatic N) is 5. The third-order valence-corrected chi connectivity index (χ3v) is 5.93. The van der Waals surface area contributed by atoms with Gasteiger partial charge in [-0.1, -0.05) is 12.1 Å². The average Bonchev–Trinajstić information content (AvgIpc) is 2.84. The molecule has 3 aromatic rings. The number of piperazine rings is 1. The highest BCUT2D eigenvalue weighted by molar-refractivity contribution is 7.80. The van der Waals surface area contributed by atoms with Gasteiger partial charge in [-0.2, -0.15) is 4.98 Å². The number of fused-ring (bicyclic) bond motifs is 1. The molecule has 1 saturated heterocycles. The summed E-state index contributed by atoms with van der Waals surface area (Å²) in [6.45, 7) is 4.96. The van der Waals surface area contributed by atoms with Crippen molar-refractivity contribution in [1.82, 2.24) is 19.4 Å². The molecule has 1 fully saturated rings. The summed E-state index contributed by atoms with van der Waals surface area (Å²) in [5, 5.41) is 13.4. The molecule has 0 unspecified atom stereocenters. The summed E-state index contributed by atoms with van der Waals surface area (Å²) in [4.78, 5) is 36.9. The first-order valence-electron chi connectivity index (χ1n) is 10.5. The van der Waals surface area contributed by atoms with Crippen molar-refractivity contribution in [3.63, 3.8) is 0 Å². The van der Waals surface area contributed by atoms with E-state index in [0.717, 1.165) is 11.4 Å². The highest BCUT2D eigenvalue weighted by atomic mass is 32.1. The molecular formula is C22H24N6O4S. The van der Waals surface area contributed by atoms with Gasteiger partial charge in [0, 0.05) is 45.1 Å². The van der Waals surface area contributed by atoms with Gasteiger partial charge in [-0.25, -0.2) is 9.78 Å². The fourth-order valence-corrected chi connectivity index (χ4v) is 4.05. The molecule has 1 aliphatic heterocycles. The lowest BCUT2D eigenvalue weighted by molar-refractivity contribution is 0.0695. The number of carboxylic acids is 1. The molecule has 0 aliphatic carbocycles. The van der Waals surface area contributed by atoms with Crippen molar-refractivity contribution in [2.75, 3.05) is 43.5 Å². The van der Waals surface area contributed by atoms with Gasteiger partial charge in [-0.3, -0.25) is 4.79 Å². The van der Waals surface area contributed by atoms with Gasteiger partial charge in [0.25, 0.3) is 0 Å². The third kappa shape index (κ3) is 4.44. The molecule has 0 amide bonds. The maximum atomic E-state index is 12.5. The Kier molecular flexibility index (Phi) is 6.40. The molecule has 3 heterocycles. The zero-order chi connectivity index (χ0) is 23.5. The molecule has 0 atom stereocenters. The van der Waals surface area contributed by atoms with Gasteiger partial charge in [-0.05, 0) is 31.3 Å². The Morgan fingerprint density at radius 3 is 2.64 bits per heavy atom. The van der Waals surface area contributed by atoms with E-state index < -0.39 is 11.4 Å². The van der Waals surface area contributed by atoms with E-state index in [2.05, 4.69) is 20.2 Å². The number of benzene rings is 1. The number of nitrogens with one attached hydrogen (secondary N) is 1. The van der Waals surface area contributed by atoms with Crippen LogP contribution in [0.1, 0.15) is 17.3 Å². The number of carboxylic acid groups (broad SMARTS) is 1. The Bertz CT molecular complexity index is 1270. The van der Waals surface area contributed by atoms with E-state index in [4.69, 9.17) is 17.0 Å². The van der Waals surface area contributed by atoms with Crippen LogP contribution in [0.15, 0.2) is 41.5 Å². The molecule has 0 spiro atoms. The quantitative estimate of drug-likeness (QED) is 0.539. The maximum absolute atomic E-state index is 12.5. The lowest BCUT2D eigenvalue weighted by Gasteiger charge is -2.36. The van der Waals surface area contributed by atoms with E-state index >= 15 is 0 Å². The normalized spacial score (nSPS) is 13.8. The number of anilines is 2. The molecule has 11 heteroatoms. The number of aromatic nitrogens is 3. The zero-order valence-corrected chi connectivity index (χ0v) is 19.1. The molecule has 1 aliphatic rings. The summed E-state index contributed by atoms with van der Waals surface area (Å²) in [7, 11) is 1.62. The molecule has 0 saturated carbocycles. The SMILES string of the molecule is CCn1cc(C(=O)O)c(=O)c2cnc(N3CCN(C(=S)Nc4ccccc4OC)CC3)nc21. The number of para-hydroxylation sites is 2. The maximum Gasteiger partial charge on any atom is 0.341 e. The Morgan fingerprint density at radius 2 is 1.97 bits per heavy atom. The van der Waals surface area contributed by atoms with E-state index in [1.807, 2.05) is 36.1 Å². The van der Waals surface area contributed by atoms with Crippen LogP contribution in [-0.2, 0) is 6.54 Å². The first-order chi connectivity index (χ1) is 15.9. The number of pyridine rings is 1. The largest absolute Gasteiger partial charge is 0.495 e. The van der Waals surface area contributed by atoms with Gasteiger partial charge in [0.15, 0.2) is 5.11 Å². The monoisotopic (exact) mass is 468 g/mol. The number of thiocarbonyl (C=S) groups is 1. The van der Waals surface area contributed by atoms with Crippen molar-refractivity contribution in [2.24, 2.45) is 0 Å². The van der Waals surface area contributed by atoms with Crippen LogP contribution in [0.25, 0.3) is 11.0 Å². The number of hydrogen-bond acceptors (Lipinski definition) is 7. The third-order valence-electron chi connectivity index (χ3n) is 5.57. The van der Waals surface area contributed by atoms with E-state index in [1.54, 1.807) is 11.7 Å². The van der Waals surface area contributed by atoms with Gasteiger partial charge < -0.3 is 29.5 Å². The molecule has 10 nitrogen and oxygen atoms in total. The van der Waals surface area contributed by atoms with Crippen molar-refractivity contribution in [3.8, 4) is 5.75 Å². The second kappa shape index (κ2) is 9.41. The van der Waals surface area contributed by atoms with Crippen LogP contribution in [0.3, 0.4) is 0 Å². The van der Waals surface area contributed by atoms with Crippen molar-refractivity contribution in [1.29, 1.82) is 0 Å². The van der Waals surface area contributed by atoms with Crippen LogP contribution in [0.4, 0.5) is 11.6 Å². The minimum Gasteiger partial charge on any atom is -0.495 e. The number of rotatable bonds is 5. The minimum atomic E-state index is -1.26. The number of hydrogen-bond donors (Lipinski definition) is 2. The predicted molar refractivity (Wildman–Crippen MR) is 129 cm³/mol. The lowest BCUT2D eigenvalue weighted by Crippen LogP contribution is -2.50. The molecule has 0 radical (unpaired) electrons. The first-order valence-corrected chi connectivity index (χ1v) is 10.9. The summed E-state index contributed by atoms with van der Waals surface area (Å²) >= 11 is 5.59. The number of aromatic carboxylic acids is 1. The van der Waals surface area contributed by atoms with Crippen molar-refractivity contribution in [3.05, 3.63) is 52.4 Å². The van der Waals surface area contributed by atoms with E-state index in [1.165, 1.54) is 12.4 Å². The van der Waals surface area contributed by atoms with Crippen molar-refractivity contribution < 1.29 is 14.6 Å². The van der Waals surface area contributed by atoms with Crippen LogP contribution in [0, 0.1) is 0 Å². The second-order valence-electron chi connectivity index (χ2n) is 7.47. The number of carbonyl (C=O) groups is 1. The predicted octanol–water partition coefficient (Wildman–Crippen LogP) is 2.04. The van der Waals surface area contributed by atoms with Crippen LogP contribution >= 0.6 is 12.2 Å². The zero-order valence-electron chi connectivity index (χ0n) is 18.3. The lowest BCUT2D eigenvalue weighted by atomic mass is 10.2. The number of aryl methyl sites for hydroxylation is 1. The molecule has 33 heavy (non-hydrogen) atoms. The fraction of sp³-hybridized carbons (Fsp3) is 0.318. The van der Waals surface area contributed by atoms with Crippen LogP contribution in [0.2, 0.25) is 0 Å². The smallest absolute Gasteiger partial charge is 0.341 e. The summed E-state index contributed by atoms with van der Waals surface area (Å²) in [6, 6.07) is 7.59. The average molecular weight is 469 g/mol. The van der Waals surface area contributed by atoms with Crippen LogP contribution < -0.4 is 20.4 Å². The second-order valence-corrected chi connectivity index (χ2v) is 7.86. The van der Waals surface area contributed by atoms with Gasteiger partial charge in [-0.15, -0.1) is 0 Å². The standard InChI is InChI=1S/C22H24N6O4S/c1-3-26-13-15(20(30)31)18(29)14-12-23-21(25-19(14)26)27-8-10-28(11-9-27)22(33)24-16-6-4-5-7-17(16)32-2/h4-7,12-13H,3,8-11H2,1-2H3,(H,24,33)(H,30,31). The van der Waals surface area contributed by atoms with Crippen LogP contribution in [-0.4, -0.2) is 68.9 Å². The first kappa shape index (κ1) is 22.5. The summed E-state index contributed by atoms with van der Waals surface area (Å²) in [5.41, 5.74) is 0.369.